The van der Waals surface area contributed by atoms with Crippen LogP contribution in [0.3, 0.4) is 0 Å². The first-order valence-corrected chi connectivity index (χ1v) is 11.3. The van der Waals surface area contributed by atoms with Crippen molar-refractivity contribution in [1.82, 2.24) is 4.98 Å². The molecule has 2 N–H and O–H groups in total. The molecule has 156 valence electrons. The lowest BCUT2D eigenvalue weighted by atomic mass is 9.87. The average Bonchev–Trinajstić information content (AvgIpc) is 3.44. The number of aryl methyl sites for hydroxylation is 1. The number of benzene rings is 1. The molecule has 2 fully saturated rings. The fourth-order valence-electron chi connectivity index (χ4n) is 5.19. The summed E-state index contributed by atoms with van der Waals surface area (Å²) in [5.41, 5.74) is 2.56. The Labute approximate surface area is 173 Å². The van der Waals surface area contributed by atoms with Crippen molar-refractivity contribution in [3.8, 4) is 5.75 Å². The SMILES string of the molecule is OCc1csc([C@H]2CC[C@@H]3[C@@H](COc4cc(F)c5c(c4)CCC5)[C@@H](O)C[C@@H]3O2)n1. The van der Waals surface area contributed by atoms with Crippen LogP contribution in [0.25, 0.3) is 0 Å². The van der Waals surface area contributed by atoms with Gasteiger partial charge in [-0.15, -0.1) is 11.3 Å². The average molecular weight is 420 g/mol. The second kappa shape index (κ2) is 7.95. The number of ether oxygens (including phenoxy) is 2. The highest BCUT2D eigenvalue weighted by atomic mass is 32.1. The number of halogens is 1. The molecule has 1 saturated carbocycles. The highest BCUT2D eigenvalue weighted by Gasteiger charge is 2.47. The fraction of sp³-hybridized carbons (Fsp3) is 0.591. The summed E-state index contributed by atoms with van der Waals surface area (Å²) in [5.74, 6) is 0.612. The molecule has 1 saturated heterocycles. The van der Waals surface area contributed by atoms with Crippen molar-refractivity contribution in [2.75, 3.05) is 6.61 Å². The fourth-order valence-corrected chi connectivity index (χ4v) is 6.07. The van der Waals surface area contributed by atoms with E-state index in [2.05, 4.69) is 4.98 Å². The van der Waals surface area contributed by atoms with Crippen molar-refractivity contribution in [1.29, 1.82) is 0 Å². The number of hydrogen-bond acceptors (Lipinski definition) is 6. The van der Waals surface area contributed by atoms with Crippen molar-refractivity contribution >= 4 is 11.3 Å². The molecule has 2 heterocycles. The van der Waals surface area contributed by atoms with Crippen LogP contribution in [-0.4, -0.2) is 34.0 Å². The predicted octanol–water partition coefficient (Wildman–Crippen LogP) is 3.56. The minimum absolute atomic E-state index is 0.0124. The van der Waals surface area contributed by atoms with Crippen LogP contribution in [0, 0.1) is 17.7 Å². The Hall–Kier alpha value is -1.54. The zero-order valence-electron chi connectivity index (χ0n) is 16.2. The topological polar surface area (TPSA) is 71.8 Å². The van der Waals surface area contributed by atoms with Crippen LogP contribution in [0.5, 0.6) is 5.75 Å². The molecule has 1 aromatic heterocycles. The maximum absolute atomic E-state index is 14.3. The molecule has 5 nitrogen and oxygen atoms in total. The molecule has 2 aliphatic carbocycles. The lowest BCUT2D eigenvalue weighted by molar-refractivity contribution is -0.0812. The van der Waals surface area contributed by atoms with E-state index >= 15 is 0 Å². The van der Waals surface area contributed by atoms with E-state index in [0.29, 0.717) is 24.5 Å². The van der Waals surface area contributed by atoms with E-state index in [-0.39, 0.29) is 36.5 Å². The van der Waals surface area contributed by atoms with Gasteiger partial charge in [0.05, 0.1) is 31.1 Å². The number of aromatic nitrogens is 1. The first-order valence-electron chi connectivity index (χ1n) is 10.4. The first kappa shape index (κ1) is 19.4. The van der Waals surface area contributed by atoms with Gasteiger partial charge in [-0.1, -0.05) is 0 Å². The third-order valence-electron chi connectivity index (χ3n) is 6.68. The Balaban J connectivity index is 1.23. The van der Waals surface area contributed by atoms with Gasteiger partial charge in [0, 0.05) is 23.8 Å². The zero-order chi connectivity index (χ0) is 20.0. The molecule has 0 bridgehead atoms. The molecule has 0 radical (unpaired) electrons. The number of hydrogen-bond donors (Lipinski definition) is 2. The Kier molecular flexibility index (Phi) is 5.32. The number of fused-ring (bicyclic) bond motifs is 2. The molecule has 0 spiro atoms. The first-order chi connectivity index (χ1) is 14.1. The van der Waals surface area contributed by atoms with Crippen molar-refractivity contribution in [3.63, 3.8) is 0 Å². The van der Waals surface area contributed by atoms with Gasteiger partial charge in [0.1, 0.15) is 22.7 Å². The third-order valence-corrected chi connectivity index (χ3v) is 7.67. The van der Waals surface area contributed by atoms with Crippen molar-refractivity contribution in [3.05, 3.63) is 45.2 Å². The van der Waals surface area contributed by atoms with Gasteiger partial charge in [0.15, 0.2) is 0 Å². The number of aliphatic hydroxyl groups excluding tert-OH is 2. The van der Waals surface area contributed by atoms with Gasteiger partial charge in [0.2, 0.25) is 0 Å². The van der Waals surface area contributed by atoms with Gasteiger partial charge in [-0.05, 0) is 55.2 Å². The maximum atomic E-state index is 14.3. The van der Waals surface area contributed by atoms with Crippen LogP contribution in [0.15, 0.2) is 17.5 Å². The maximum Gasteiger partial charge on any atom is 0.130 e. The summed E-state index contributed by atoms with van der Waals surface area (Å²) < 4.78 is 26.5. The summed E-state index contributed by atoms with van der Waals surface area (Å²) in [4.78, 5) is 4.44. The molecule has 2 aromatic rings. The van der Waals surface area contributed by atoms with E-state index in [9.17, 15) is 14.6 Å². The minimum atomic E-state index is -0.479. The zero-order valence-corrected chi connectivity index (χ0v) is 17.0. The van der Waals surface area contributed by atoms with Gasteiger partial charge in [-0.2, -0.15) is 0 Å². The van der Waals surface area contributed by atoms with E-state index < -0.39 is 6.10 Å². The third kappa shape index (κ3) is 3.69. The summed E-state index contributed by atoms with van der Waals surface area (Å²) >= 11 is 1.52. The van der Waals surface area contributed by atoms with Gasteiger partial charge < -0.3 is 19.7 Å². The lowest BCUT2D eigenvalue weighted by Gasteiger charge is -2.33. The molecule has 29 heavy (non-hydrogen) atoms. The van der Waals surface area contributed by atoms with E-state index in [0.717, 1.165) is 48.2 Å². The molecule has 5 atom stereocenters. The van der Waals surface area contributed by atoms with E-state index in [4.69, 9.17) is 9.47 Å². The Bertz CT molecular complexity index is 888. The van der Waals surface area contributed by atoms with Gasteiger partial charge in [-0.3, -0.25) is 0 Å². The largest absolute Gasteiger partial charge is 0.493 e. The van der Waals surface area contributed by atoms with Crippen LogP contribution in [0.4, 0.5) is 4.39 Å². The molecular formula is C22H26FNO4S. The Morgan fingerprint density at radius 1 is 1.28 bits per heavy atom. The second-order valence-electron chi connectivity index (χ2n) is 8.41. The smallest absolute Gasteiger partial charge is 0.130 e. The van der Waals surface area contributed by atoms with Crippen LogP contribution in [0.2, 0.25) is 0 Å². The molecule has 5 rings (SSSR count). The van der Waals surface area contributed by atoms with Gasteiger partial charge in [-0.25, -0.2) is 9.37 Å². The van der Waals surface area contributed by atoms with E-state index in [1.54, 1.807) is 0 Å². The molecule has 0 unspecified atom stereocenters. The molecular weight excluding hydrogens is 393 g/mol. The highest BCUT2D eigenvalue weighted by molar-refractivity contribution is 7.09. The Morgan fingerprint density at radius 2 is 2.17 bits per heavy atom. The number of rotatable bonds is 5. The summed E-state index contributed by atoms with van der Waals surface area (Å²) in [6.07, 6.45) is 4.52. The normalized spacial score (nSPS) is 30.9. The predicted molar refractivity (Wildman–Crippen MR) is 106 cm³/mol. The Morgan fingerprint density at radius 3 is 3.00 bits per heavy atom. The monoisotopic (exact) mass is 419 g/mol. The van der Waals surface area contributed by atoms with Gasteiger partial charge >= 0.3 is 0 Å². The summed E-state index contributed by atoms with van der Waals surface area (Å²) in [6, 6.07) is 3.44. The van der Waals surface area contributed by atoms with Crippen molar-refractivity contribution in [2.24, 2.45) is 11.8 Å². The number of aliphatic hydroxyl groups is 2. The lowest BCUT2D eigenvalue weighted by Crippen LogP contribution is -2.33. The number of nitrogens with zero attached hydrogens (tertiary/aromatic N) is 1. The van der Waals surface area contributed by atoms with Crippen LogP contribution >= 0.6 is 11.3 Å². The summed E-state index contributed by atoms with van der Waals surface area (Å²) in [7, 11) is 0. The van der Waals surface area contributed by atoms with Crippen LogP contribution in [0.1, 0.15) is 53.6 Å². The molecule has 7 heteroatoms. The van der Waals surface area contributed by atoms with Crippen LogP contribution < -0.4 is 4.74 Å². The highest BCUT2D eigenvalue weighted by Crippen LogP contribution is 2.46. The minimum Gasteiger partial charge on any atom is -0.493 e. The number of thiazole rings is 1. The van der Waals surface area contributed by atoms with Crippen molar-refractivity contribution in [2.45, 2.75) is 63.4 Å². The molecule has 1 aromatic carbocycles. The van der Waals surface area contributed by atoms with Gasteiger partial charge in [0.25, 0.3) is 0 Å². The molecule has 0 amide bonds. The van der Waals surface area contributed by atoms with Crippen molar-refractivity contribution < 1.29 is 24.1 Å². The molecule has 1 aliphatic heterocycles. The second-order valence-corrected chi connectivity index (χ2v) is 9.30. The standard InChI is InChI=1S/C22H26FNO4S/c23-18-7-14(6-12-2-1-3-15(12)18)27-10-17-16-4-5-20(28-21(16)8-19(17)26)22-24-13(9-25)11-29-22/h6-7,11,16-17,19-21,25-26H,1-5,8-10H2/t16-,17-,19+,20-,21+/m1/s1. The summed E-state index contributed by atoms with van der Waals surface area (Å²) in [6.45, 7) is 0.317. The summed E-state index contributed by atoms with van der Waals surface area (Å²) in [5, 5.41) is 22.6. The molecule has 3 aliphatic rings. The van der Waals surface area contributed by atoms with E-state index in [1.165, 1.54) is 17.4 Å². The quantitative estimate of drug-likeness (QED) is 0.775. The van der Waals surface area contributed by atoms with E-state index in [1.807, 2.05) is 11.4 Å². The van der Waals surface area contributed by atoms with Crippen LogP contribution in [-0.2, 0) is 24.2 Å².